The number of halogens is 3. The highest BCUT2D eigenvalue weighted by Gasteiger charge is 2.36. The van der Waals surface area contributed by atoms with Gasteiger partial charge in [-0.3, -0.25) is 4.79 Å². The second kappa shape index (κ2) is 7.10. The molecule has 2 aromatic heterocycles. The number of carbonyl (C=O) groups excluding carboxylic acids is 1. The number of carbonyl (C=O) groups is 1. The van der Waals surface area contributed by atoms with Crippen LogP contribution in [-0.4, -0.2) is 32.0 Å². The van der Waals surface area contributed by atoms with Crippen LogP contribution in [0, 0.1) is 27.7 Å². The fourth-order valence-electron chi connectivity index (χ4n) is 2.96. The SMILES string of the molecule is Cc1cc(C)c(NC(=O)CNc2cc(C)nc3nc(C(F)(F)F)nn23)c(C)c1. The molecular formula is C18H19F3N6O. The van der Waals surface area contributed by atoms with Gasteiger partial charge in [0.25, 0.3) is 11.6 Å². The second-order valence-electron chi connectivity index (χ2n) is 6.60. The number of alkyl halides is 3. The number of nitrogens with zero attached hydrogens (tertiary/aromatic N) is 4. The minimum absolute atomic E-state index is 0.160. The van der Waals surface area contributed by atoms with Gasteiger partial charge >= 0.3 is 6.18 Å². The van der Waals surface area contributed by atoms with Crippen LogP contribution in [-0.2, 0) is 11.0 Å². The first-order valence-corrected chi connectivity index (χ1v) is 8.48. The van der Waals surface area contributed by atoms with Gasteiger partial charge in [-0.05, 0) is 38.8 Å². The Kier molecular flexibility index (Phi) is 4.97. The van der Waals surface area contributed by atoms with Crippen LogP contribution in [0.4, 0.5) is 24.7 Å². The van der Waals surface area contributed by atoms with Gasteiger partial charge in [-0.2, -0.15) is 22.7 Å². The first kappa shape index (κ1) is 19.6. The monoisotopic (exact) mass is 392 g/mol. The third-order valence-corrected chi connectivity index (χ3v) is 4.07. The number of nitrogens with one attached hydrogen (secondary N) is 2. The van der Waals surface area contributed by atoms with Crippen molar-refractivity contribution in [3.63, 3.8) is 0 Å². The number of benzene rings is 1. The summed E-state index contributed by atoms with van der Waals surface area (Å²) in [6.45, 7) is 7.22. The molecule has 3 aromatic rings. The molecule has 1 amide bonds. The Morgan fingerprint density at radius 2 is 1.71 bits per heavy atom. The average molecular weight is 392 g/mol. The van der Waals surface area contributed by atoms with Crippen molar-refractivity contribution in [1.82, 2.24) is 19.6 Å². The highest BCUT2D eigenvalue weighted by molar-refractivity contribution is 5.95. The zero-order valence-electron chi connectivity index (χ0n) is 15.8. The van der Waals surface area contributed by atoms with Crippen LogP contribution in [0.15, 0.2) is 18.2 Å². The van der Waals surface area contributed by atoms with Gasteiger partial charge in [0.1, 0.15) is 5.82 Å². The van der Waals surface area contributed by atoms with E-state index in [1.54, 1.807) is 6.92 Å². The Bertz CT molecular complexity index is 1030. The maximum absolute atomic E-state index is 12.9. The van der Waals surface area contributed by atoms with E-state index in [1.807, 2.05) is 32.9 Å². The van der Waals surface area contributed by atoms with Crippen molar-refractivity contribution in [3.05, 3.63) is 46.4 Å². The molecule has 3 rings (SSSR count). The predicted molar refractivity (Wildman–Crippen MR) is 98.3 cm³/mol. The van der Waals surface area contributed by atoms with Crippen LogP contribution in [0.2, 0.25) is 0 Å². The summed E-state index contributed by atoms with van der Waals surface area (Å²) in [5.74, 6) is -1.63. The van der Waals surface area contributed by atoms with E-state index in [4.69, 9.17) is 0 Å². The molecule has 0 aliphatic heterocycles. The first-order chi connectivity index (χ1) is 13.0. The van der Waals surface area contributed by atoms with E-state index in [-0.39, 0.29) is 24.0 Å². The quantitative estimate of drug-likeness (QED) is 0.711. The molecule has 28 heavy (non-hydrogen) atoms. The zero-order chi connectivity index (χ0) is 20.6. The molecule has 0 fully saturated rings. The summed E-state index contributed by atoms with van der Waals surface area (Å²) in [5.41, 5.74) is 4.11. The molecule has 0 spiro atoms. The summed E-state index contributed by atoms with van der Waals surface area (Å²) in [4.78, 5) is 19.7. The molecular weight excluding hydrogens is 373 g/mol. The van der Waals surface area contributed by atoms with Gasteiger partial charge in [-0.15, -0.1) is 5.10 Å². The minimum Gasteiger partial charge on any atom is -0.361 e. The van der Waals surface area contributed by atoms with E-state index >= 15 is 0 Å². The Labute approximate surface area is 159 Å². The highest BCUT2D eigenvalue weighted by Crippen LogP contribution is 2.27. The van der Waals surface area contributed by atoms with Crippen molar-refractivity contribution in [2.24, 2.45) is 0 Å². The predicted octanol–water partition coefficient (Wildman–Crippen LogP) is 3.43. The lowest BCUT2D eigenvalue weighted by atomic mass is 10.1. The lowest BCUT2D eigenvalue weighted by molar-refractivity contribution is -0.144. The Morgan fingerprint density at radius 3 is 2.32 bits per heavy atom. The van der Waals surface area contributed by atoms with E-state index in [9.17, 15) is 18.0 Å². The Balaban J connectivity index is 1.80. The molecule has 10 heteroatoms. The molecule has 0 atom stereocenters. The number of amides is 1. The van der Waals surface area contributed by atoms with E-state index in [2.05, 4.69) is 25.7 Å². The van der Waals surface area contributed by atoms with Crippen LogP contribution in [0.1, 0.15) is 28.2 Å². The fraction of sp³-hybridized carbons (Fsp3) is 0.333. The van der Waals surface area contributed by atoms with Gasteiger partial charge in [0.05, 0.1) is 6.54 Å². The summed E-state index contributed by atoms with van der Waals surface area (Å²) in [6, 6.07) is 5.41. The summed E-state index contributed by atoms with van der Waals surface area (Å²) < 4.78 is 39.5. The van der Waals surface area contributed by atoms with Crippen molar-refractivity contribution < 1.29 is 18.0 Å². The number of aryl methyl sites for hydroxylation is 4. The number of hydrogen-bond acceptors (Lipinski definition) is 5. The molecule has 0 radical (unpaired) electrons. The van der Waals surface area contributed by atoms with Crippen molar-refractivity contribution >= 4 is 23.2 Å². The third-order valence-electron chi connectivity index (χ3n) is 4.07. The molecule has 2 N–H and O–H groups in total. The van der Waals surface area contributed by atoms with Crippen LogP contribution < -0.4 is 10.6 Å². The highest BCUT2D eigenvalue weighted by atomic mass is 19.4. The summed E-state index contributed by atoms with van der Waals surface area (Å²) in [7, 11) is 0. The second-order valence-corrected chi connectivity index (χ2v) is 6.60. The molecule has 7 nitrogen and oxygen atoms in total. The van der Waals surface area contributed by atoms with Crippen LogP contribution in [0.5, 0.6) is 0 Å². The molecule has 0 aliphatic rings. The number of hydrogen-bond donors (Lipinski definition) is 2. The molecule has 0 bridgehead atoms. The Hall–Kier alpha value is -3.17. The topological polar surface area (TPSA) is 84.2 Å². The minimum atomic E-state index is -4.68. The van der Waals surface area contributed by atoms with Gasteiger partial charge in [0, 0.05) is 17.4 Å². The molecule has 0 saturated carbocycles. The maximum atomic E-state index is 12.9. The largest absolute Gasteiger partial charge is 0.453 e. The molecule has 1 aromatic carbocycles. The van der Waals surface area contributed by atoms with Crippen LogP contribution in [0.3, 0.4) is 0 Å². The smallest absolute Gasteiger partial charge is 0.361 e. The summed E-state index contributed by atoms with van der Waals surface area (Å²) in [6.07, 6.45) is -4.68. The number of aromatic nitrogens is 4. The summed E-state index contributed by atoms with van der Waals surface area (Å²) in [5, 5.41) is 9.08. The van der Waals surface area contributed by atoms with Gasteiger partial charge in [-0.25, -0.2) is 4.98 Å². The lowest BCUT2D eigenvalue weighted by Gasteiger charge is -2.14. The van der Waals surface area contributed by atoms with Gasteiger partial charge < -0.3 is 10.6 Å². The van der Waals surface area contributed by atoms with Crippen molar-refractivity contribution in [3.8, 4) is 0 Å². The summed E-state index contributed by atoms with van der Waals surface area (Å²) >= 11 is 0. The van der Waals surface area contributed by atoms with E-state index in [0.29, 0.717) is 11.4 Å². The standard InChI is InChI=1S/C18H19F3N6O/c1-9-5-10(2)15(11(3)6-9)24-14(28)8-22-13-7-12(4)23-17-25-16(18(19,20)21)26-27(13)17/h5-7,22H,8H2,1-4H3,(H,24,28). The third kappa shape index (κ3) is 4.05. The van der Waals surface area contributed by atoms with Crippen molar-refractivity contribution in [2.75, 3.05) is 17.2 Å². The van der Waals surface area contributed by atoms with Crippen LogP contribution in [0.25, 0.3) is 5.78 Å². The van der Waals surface area contributed by atoms with Crippen molar-refractivity contribution in [2.45, 2.75) is 33.9 Å². The molecule has 0 saturated heterocycles. The van der Waals surface area contributed by atoms with E-state index < -0.39 is 12.0 Å². The Morgan fingerprint density at radius 1 is 1.07 bits per heavy atom. The first-order valence-electron chi connectivity index (χ1n) is 8.48. The number of rotatable bonds is 4. The van der Waals surface area contributed by atoms with Gasteiger partial charge in [0.15, 0.2) is 0 Å². The van der Waals surface area contributed by atoms with Crippen LogP contribution >= 0.6 is 0 Å². The van der Waals surface area contributed by atoms with E-state index in [1.165, 1.54) is 6.07 Å². The average Bonchev–Trinajstić information content (AvgIpc) is 3.00. The molecule has 0 unspecified atom stereocenters. The number of anilines is 2. The molecule has 148 valence electrons. The zero-order valence-corrected chi connectivity index (χ0v) is 15.8. The van der Waals surface area contributed by atoms with Gasteiger partial charge in [0.2, 0.25) is 5.91 Å². The molecule has 2 heterocycles. The normalized spacial score (nSPS) is 11.7. The fourth-order valence-corrected chi connectivity index (χ4v) is 2.96. The number of fused-ring (bicyclic) bond motifs is 1. The maximum Gasteiger partial charge on any atom is 0.453 e. The van der Waals surface area contributed by atoms with E-state index in [0.717, 1.165) is 21.2 Å². The van der Waals surface area contributed by atoms with Gasteiger partial charge in [-0.1, -0.05) is 17.7 Å². The molecule has 0 aliphatic carbocycles. The van der Waals surface area contributed by atoms with Crippen molar-refractivity contribution in [1.29, 1.82) is 0 Å². The lowest BCUT2D eigenvalue weighted by Crippen LogP contribution is -2.24.